The van der Waals surface area contributed by atoms with Crippen molar-refractivity contribution < 1.29 is 15.0 Å². The lowest BCUT2D eigenvalue weighted by Crippen LogP contribution is -2.45. The molecule has 2 atom stereocenters. The van der Waals surface area contributed by atoms with Crippen LogP contribution in [-0.2, 0) is 4.79 Å². The van der Waals surface area contributed by atoms with Gasteiger partial charge in [0.2, 0.25) is 5.91 Å². The topological polar surface area (TPSA) is 69.6 Å². The van der Waals surface area contributed by atoms with Gasteiger partial charge in [0.1, 0.15) is 0 Å². The van der Waals surface area contributed by atoms with Crippen molar-refractivity contribution >= 4 is 5.91 Å². The molecule has 0 aliphatic rings. The average molecular weight is 690 g/mol. The largest absolute Gasteiger partial charge is 0.394 e. The van der Waals surface area contributed by atoms with Crippen molar-refractivity contribution in [1.82, 2.24) is 5.32 Å². The van der Waals surface area contributed by atoms with Crippen LogP contribution in [0.5, 0.6) is 0 Å². The van der Waals surface area contributed by atoms with Crippen molar-refractivity contribution in [2.24, 2.45) is 0 Å². The summed E-state index contributed by atoms with van der Waals surface area (Å²) in [6, 6.07) is -0.621. The fraction of sp³-hybridized carbons (Fsp3) is 0.889. The van der Waals surface area contributed by atoms with E-state index in [9.17, 15) is 15.0 Å². The first-order chi connectivity index (χ1) is 24.2. The van der Waals surface area contributed by atoms with Gasteiger partial charge in [-0.15, -0.1) is 0 Å². The Labute approximate surface area is 307 Å². The van der Waals surface area contributed by atoms with Gasteiger partial charge in [-0.05, 0) is 44.9 Å². The molecule has 0 saturated heterocycles. The molecular formula is C45H87NO3. The second-order valence-corrected chi connectivity index (χ2v) is 15.1. The van der Waals surface area contributed by atoms with Crippen molar-refractivity contribution in [1.29, 1.82) is 0 Å². The lowest BCUT2D eigenvalue weighted by molar-refractivity contribution is -0.123. The number of carbonyl (C=O) groups is 1. The highest BCUT2D eigenvalue weighted by atomic mass is 16.3. The van der Waals surface area contributed by atoms with E-state index in [1.807, 2.05) is 6.08 Å². The maximum absolute atomic E-state index is 12.4. The van der Waals surface area contributed by atoms with Gasteiger partial charge in [-0.3, -0.25) is 4.79 Å². The minimum absolute atomic E-state index is 0.0669. The number of aliphatic hydroxyl groups excluding tert-OH is 2. The highest BCUT2D eigenvalue weighted by Crippen LogP contribution is 2.15. The van der Waals surface area contributed by atoms with Crippen LogP contribution in [0.15, 0.2) is 24.3 Å². The molecule has 0 aliphatic carbocycles. The van der Waals surface area contributed by atoms with Crippen molar-refractivity contribution in [2.45, 2.75) is 251 Å². The summed E-state index contributed by atoms with van der Waals surface area (Å²) in [7, 11) is 0. The van der Waals surface area contributed by atoms with E-state index in [0.29, 0.717) is 6.42 Å². The van der Waals surface area contributed by atoms with Crippen LogP contribution in [-0.4, -0.2) is 34.9 Å². The molecule has 0 aliphatic heterocycles. The third-order valence-electron chi connectivity index (χ3n) is 10.2. The molecule has 0 spiro atoms. The Kier molecular flexibility index (Phi) is 40.3. The van der Waals surface area contributed by atoms with Crippen LogP contribution in [0.4, 0.5) is 0 Å². The third-order valence-corrected chi connectivity index (χ3v) is 10.2. The summed E-state index contributed by atoms with van der Waals surface area (Å²) in [4.78, 5) is 12.4. The van der Waals surface area contributed by atoms with Gasteiger partial charge in [0.15, 0.2) is 0 Å². The smallest absolute Gasteiger partial charge is 0.220 e. The van der Waals surface area contributed by atoms with Crippen molar-refractivity contribution in [3.8, 4) is 0 Å². The number of allylic oxidation sites excluding steroid dienone is 3. The number of aliphatic hydroxyl groups is 2. The second kappa shape index (κ2) is 41.3. The van der Waals surface area contributed by atoms with Crippen molar-refractivity contribution in [3.05, 3.63) is 24.3 Å². The monoisotopic (exact) mass is 690 g/mol. The molecule has 0 rings (SSSR count). The molecule has 3 N–H and O–H groups in total. The summed E-state index contributed by atoms with van der Waals surface area (Å²) < 4.78 is 0. The highest BCUT2D eigenvalue weighted by molar-refractivity contribution is 5.76. The van der Waals surface area contributed by atoms with E-state index in [1.54, 1.807) is 6.08 Å². The molecule has 4 nitrogen and oxygen atoms in total. The van der Waals surface area contributed by atoms with Crippen molar-refractivity contribution in [2.75, 3.05) is 6.61 Å². The molecule has 0 aromatic rings. The molecule has 0 bridgehead atoms. The van der Waals surface area contributed by atoms with Crippen LogP contribution in [0.2, 0.25) is 0 Å². The zero-order chi connectivity index (χ0) is 35.7. The van der Waals surface area contributed by atoms with Crippen LogP contribution in [0.3, 0.4) is 0 Å². The minimum Gasteiger partial charge on any atom is -0.394 e. The summed E-state index contributed by atoms with van der Waals surface area (Å²) in [5.41, 5.74) is 0. The van der Waals surface area contributed by atoms with Gasteiger partial charge in [-0.25, -0.2) is 0 Å². The first-order valence-corrected chi connectivity index (χ1v) is 22.1. The van der Waals surface area contributed by atoms with Crippen molar-refractivity contribution in [3.63, 3.8) is 0 Å². The molecule has 2 unspecified atom stereocenters. The number of amides is 1. The zero-order valence-electron chi connectivity index (χ0n) is 33.2. The fourth-order valence-corrected chi connectivity index (χ4v) is 6.76. The van der Waals surface area contributed by atoms with Gasteiger partial charge in [0.25, 0.3) is 0 Å². The number of unbranched alkanes of at least 4 members (excludes halogenated alkanes) is 31. The van der Waals surface area contributed by atoms with E-state index in [2.05, 4.69) is 31.3 Å². The van der Waals surface area contributed by atoms with E-state index in [0.717, 1.165) is 25.7 Å². The maximum Gasteiger partial charge on any atom is 0.220 e. The van der Waals surface area contributed by atoms with Gasteiger partial charge in [-0.1, -0.05) is 212 Å². The number of rotatable bonds is 40. The summed E-state index contributed by atoms with van der Waals surface area (Å²) in [5, 5.41) is 23.0. The molecule has 0 aromatic heterocycles. The Morgan fingerprint density at radius 2 is 0.776 bits per heavy atom. The Morgan fingerprint density at radius 1 is 0.469 bits per heavy atom. The Bertz CT molecular complexity index is 705. The third kappa shape index (κ3) is 37.9. The standard InChI is InChI=1S/C45H87NO3/c1-3-5-7-9-11-13-15-17-19-21-22-23-25-26-28-30-32-34-36-38-40-44(48)43(42-47)46-45(49)41-39-37-35-33-31-29-27-24-20-18-16-14-12-10-8-6-4-2/h18,20,38,40,43-44,47-48H,3-17,19,21-37,39,41-42H2,1-2H3,(H,46,49)/b20-18-,40-38+. The van der Waals surface area contributed by atoms with E-state index < -0.39 is 12.1 Å². The van der Waals surface area contributed by atoms with Crippen LogP contribution < -0.4 is 5.32 Å². The second-order valence-electron chi connectivity index (χ2n) is 15.1. The zero-order valence-corrected chi connectivity index (χ0v) is 33.2. The fourth-order valence-electron chi connectivity index (χ4n) is 6.76. The van der Waals surface area contributed by atoms with E-state index in [1.165, 1.54) is 193 Å². The SMILES string of the molecule is CCCCCCCC/C=C\CCCCCCCCCC(=O)NC(CO)C(O)/C=C/CCCCCCCCCCCCCCCCCCCC. The van der Waals surface area contributed by atoms with Gasteiger partial charge >= 0.3 is 0 Å². The van der Waals surface area contributed by atoms with E-state index in [4.69, 9.17) is 0 Å². The number of carbonyl (C=O) groups excluding carboxylic acids is 1. The Balaban J connectivity index is 3.56. The number of nitrogens with one attached hydrogen (secondary N) is 1. The molecule has 0 radical (unpaired) electrons. The summed E-state index contributed by atoms with van der Waals surface area (Å²) in [6.45, 7) is 4.31. The minimum atomic E-state index is -0.838. The van der Waals surface area contributed by atoms with Gasteiger partial charge < -0.3 is 15.5 Å². The molecule has 290 valence electrons. The molecule has 1 amide bonds. The molecule has 49 heavy (non-hydrogen) atoms. The maximum atomic E-state index is 12.4. The predicted molar refractivity (Wildman–Crippen MR) is 216 cm³/mol. The molecular weight excluding hydrogens is 602 g/mol. The Hall–Kier alpha value is -1.13. The molecule has 0 saturated carbocycles. The molecule has 0 fully saturated rings. The summed E-state index contributed by atoms with van der Waals surface area (Å²) in [6.07, 6.45) is 52.8. The lowest BCUT2D eigenvalue weighted by Gasteiger charge is -2.20. The summed E-state index contributed by atoms with van der Waals surface area (Å²) in [5.74, 6) is -0.0669. The molecule has 0 aromatic carbocycles. The quantitative estimate of drug-likeness (QED) is 0.0443. The van der Waals surface area contributed by atoms with E-state index in [-0.39, 0.29) is 12.5 Å². The predicted octanol–water partition coefficient (Wildman–Crippen LogP) is 13.6. The Morgan fingerprint density at radius 3 is 1.12 bits per heavy atom. The molecule has 4 heteroatoms. The average Bonchev–Trinajstić information content (AvgIpc) is 3.10. The van der Waals surface area contributed by atoms with E-state index >= 15 is 0 Å². The van der Waals surface area contributed by atoms with Gasteiger partial charge in [0.05, 0.1) is 18.8 Å². The van der Waals surface area contributed by atoms with Crippen LogP contribution in [0.25, 0.3) is 0 Å². The van der Waals surface area contributed by atoms with Crippen LogP contribution in [0, 0.1) is 0 Å². The normalized spacial score (nSPS) is 13.1. The first kappa shape index (κ1) is 47.9. The number of hydrogen-bond acceptors (Lipinski definition) is 3. The van der Waals surface area contributed by atoms with Crippen LogP contribution >= 0.6 is 0 Å². The van der Waals surface area contributed by atoms with Gasteiger partial charge in [-0.2, -0.15) is 0 Å². The first-order valence-electron chi connectivity index (χ1n) is 22.1. The summed E-state index contributed by atoms with van der Waals surface area (Å²) >= 11 is 0. The number of hydrogen-bond donors (Lipinski definition) is 3. The molecule has 0 heterocycles. The highest BCUT2D eigenvalue weighted by Gasteiger charge is 2.17. The van der Waals surface area contributed by atoms with Gasteiger partial charge in [0, 0.05) is 6.42 Å². The van der Waals surface area contributed by atoms with Crippen LogP contribution in [0.1, 0.15) is 239 Å². The lowest BCUT2D eigenvalue weighted by atomic mass is 10.0.